The molecule has 3 nitrogen and oxygen atoms in total. The van der Waals surface area contributed by atoms with Crippen LogP contribution in [0.1, 0.15) is 5.56 Å². The maximum Gasteiger partial charge on any atom is 0.270 e. The highest BCUT2D eigenvalue weighted by Gasteiger charge is 2.33. The molecule has 1 amide bonds. The largest absolute Gasteiger partial charge is 0.495 e. The number of thiocarbonyl (C=S) groups is 1. The number of carbonyl (C=O) groups is 1. The number of carbonyl (C=O) groups excluding carboxylic acids is 1. The van der Waals surface area contributed by atoms with Crippen molar-refractivity contribution in [1.82, 2.24) is 0 Å². The Morgan fingerprint density at radius 3 is 2.56 bits per heavy atom. The summed E-state index contributed by atoms with van der Waals surface area (Å²) >= 11 is 19.5. The third-order valence-corrected chi connectivity index (χ3v) is 6.01. The number of hydrogen-bond acceptors (Lipinski definition) is 4. The van der Waals surface area contributed by atoms with E-state index in [9.17, 15) is 4.79 Å². The van der Waals surface area contributed by atoms with Crippen molar-refractivity contribution in [3.8, 4) is 5.75 Å². The molecule has 1 saturated heterocycles. The van der Waals surface area contributed by atoms with Crippen LogP contribution in [0.5, 0.6) is 5.75 Å². The highest BCUT2D eigenvalue weighted by Crippen LogP contribution is 2.39. The summed E-state index contributed by atoms with van der Waals surface area (Å²) in [5.41, 5.74) is 1.47. The number of hydrogen-bond donors (Lipinski definition) is 0. The number of thioether (sulfide) groups is 1. The van der Waals surface area contributed by atoms with E-state index in [2.05, 4.69) is 31.9 Å². The average molecular weight is 520 g/mol. The Balaban J connectivity index is 2.00. The van der Waals surface area contributed by atoms with Gasteiger partial charge in [0.15, 0.2) is 4.32 Å². The second kappa shape index (κ2) is 7.80. The molecule has 0 aliphatic carbocycles. The third kappa shape index (κ3) is 3.95. The lowest BCUT2D eigenvalue weighted by molar-refractivity contribution is -0.113. The molecule has 2 aromatic carbocycles. The Hall–Kier alpha value is -0.860. The van der Waals surface area contributed by atoms with E-state index in [-0.39, 0.29) is 5.91 Å². The van der Waals surface area contributed by atoms with Gasteiger partial charge in [-0.2, -0.15) is 0 Å². The average Bonchev–Trinajstić information content (AvgIpc) is 2.82. The van der Waals surface area contributed by atoms with Crippen LogP contribution in [0.3, 0.4) is 0 Å². The molecule has 0 radical (unpaired) electrons. The van der Waals surface area contributed by atoms with Crippen LogP contribution in [0.15, 0.2) is 50.2 Å². The van der Waals surface area contributed by atoms with Crippen molar-refractivity contribution in [2.24, 2.45) is 0 Å². The molecular weight excluding hydrogens is 510 g/mol. The van der Waals surface area contributed by atoms with E-state index < -0.39 is 0 Å². The van der Waals surface area contributed by atoms with Gasteiger partial charge in [0.1, 0.15) is 5.75 Å². The minimum Gasteiger partial charge on any atom is -0.495 e. The molecule has 2 aromatic rings. The Morgan fingerprint density at radius 2 is 1.92 bits per heavy atom. The normalized spacial score (nSPS) is 16.0. The van der Waals surface area contributed by atoms with E-state index >= 15 is 0 Å². The summed E-state index contributed by atoms with van der Waals surface area (Å²) in [6, 6.07) is 10.8. The molecule has 1 aliphatic heterocycles. The van der Waals surface area contributed by atoms with Gasteiger partial charge in [-0.3, -0.25) is 9.69 Å². The molecule has 0 aromatic heterocycles. The van der Waals surface area contributed by atoms with Crippen molar-refractivity contribution in [3.05, 3.63) is 60.8 Å². The molecule has 128 valence electrons. The molecule has 0 atom stereocenters. The van der Waals surface area contributed by atoms with Crippen LogP contribution in [0, 0.1) is 0 Å². The maximum absolute atomic E-state index is 12.8. The summed E-state index contributed by atoms with van der Waals surface area (Å²) in [6.45, 7) is 0. The Bertz CT molecular complexity index is 900. The van der Waals surface area contributed by atoms with Crippen LogP contribution in [-0.4, -0.2) is 17.3 Å². The fraction of sp³-hybridized carbons (Fsp3) is 0.0588. The van der Waals surface area contributed by atoms with Crippen molar-refractivity contribution < 1.29 is 9.53 Å². The van der Waals surface area contributed by atoms with Crippen LogP contribution in [-0.2, 0) is 4.79 Å². The maximum atomic E-state index is 12.8. The summed E-state index contributed by atoms with van der Waals surface area (Å²) in [5, 5.41) is 0.605. The summed E-state index contributed by atoms with van der Waals surface area (Å²) in [5.74, 6) is 0.482. The highest BCUT2D eigenvalue weighted by atomic mass is 79.9. The number of anilines is 1. The van der Waals surface area contributed by atoms with E-state index in [1.54, 1.807) is 37.5 Å². The van der Waals surface area contributed by atoms with Gasteiger partial charge < -0.3 is 4.74 Å². The van der Waals surface area contributed by atoms with Crippen LogP contribution >= 0.6 is 67.4 Å². The van der Waals surface area contributed by atoms with E-state index in [4.69, 9.17) is 28.6 Å². The molecule has 0 N–H and O–H groups in total. The number of ether oxygens (including phenoxy) is 1. The molecule has 0 unspecified atom stereocenters. The fourth-order valence-corrected chi connectivity index (χ4v) is 5.16. The molecule has 0 saturated carbocycles. The van der Waals surface area contributed by atoms with Gasteiger partial charge in [-0.1, -0.05) is 51.5 Å². The summed E-state index contributed by atoms with van der Waals surface area (Å²) in [6.07, 6.45) is 1.78. The topological polar surface area (TPSA) is 29.5 Å². The van der Waals surface area contributed by atoms with Gasteiger partial charge in [0, 0.05) is 15.1 Å². The molecule has 1 heterocycles. The number of benzene rings is 2. The van der Waals surface area contributed by atoms with Gasteiger partial charge in [-0.25, -0.2) is 0 Å². The van der Waals surface area contributed by atoms with Crippen LogP contribution in [0.2, 0.25) is 5.02 Å². The number of rotatable bonds is 3. The quantitative estimate of drug-likeness (QED) is 0.353. The first-order valence-electron chi connectivity index (χ1n) is 6.97. The van der Waals surface area contributed by atoms with Crippen LogP contribution in [0.4, 0.5) is 5.69 Å². The molecule has 3 rings (SSSR count). The predicted octanol–water partition coefficient (Wildman–Crippen LogP) is 6.28. The lowest BCUT2D eigenvalue weighted by Gasteiger charge is -2.14. The molecular formula is C17H10Br2ClNO2S2. The summed E-state index contributed by atoms with van der Waals surface area (Å²) < 4.78 is 7.58. The standard InChI is InChI=1S/C17H10Br2ClNO2S2/c1-23-15-9(6-10(18)8-13(15)19)7-14-16(22)21(17(24)25-14)12-4-2-11(20)3-5-12/h2-8H,1H3/b14-7+. The Labute approximate surface area is 176 Å². The first-order valence-corrected chi connectivity index (χ1v) is 10.2. The van der Waals surface area contributed by atoms with Crippen molar-refractivity contribution in [2.45, 2.75) is 0 Å². The van der Waals surface area contributed by atoms with Gasteiger partial charge in [0.25, 0.3) is 5.91 Å². The van der Waals surface area contributed by atoms with Gasteiger partial charge in [-0.05, 0) is 58.4 Å². The molecule has 1 aliphatic rings. The first kappa shape index (κ1) is 18.9. The SMILES string of the molecule is COc1c(Br)cc(Br)cc1/C=C1/SC(=S)N(c2ccc(Cl)cc2)C1=O. The first-order chi connectivity index (χ1) is 11.9. The van der Waals surface area contributed by atoms with E-state index in [0.29, 0.717) is 25.7 Å². The Morgan fingerprint density at radius 1 is 1.24 bits per heavy atom. The highest BCUT2D eigenvalue weighted by molar-refractivity contribution is 9.11. The molecule has 1 fully saturated rings. The zero-order valence-corrected chi connectivity index (χ0v) is 18.3. The zero-order chi connectivity index (χ0) is 18.1. The van der Waals surface area contributed by atoms with Gasteiger partial charge >= 0.3 is 0 Å². The summed E-state index contributed by atoms with van der Waals surface area (Å²) in [7, 11) is 1.59. The van der Waals surface area contributed by atoms with Crippen LogP contribution < -0.4 is 9.64 Å². The molecule has 8 heteroatoms. The van der Waals surface area contributed by atoms with Crippen molar-refractivity contribution in [3.63, 3.8) is 0 Å². The number of amides is 1. The van der Waals surface area contributed by atoms with E-state index in [1.807, 2.05) is 12.1 Å². The number of methoxy groups -OCH3 is 1. The molecule has 25 heavy (non-hydrogen) atoms. The fourth-order valence-electron chi connectivity index (χ4n) is 2.32. The van der Waals surface area contributed by atoms with E-state index in [0.717, 1.165) is 14.5 Å². The van der Waals surface area contributed by atoms with Crippen molar-refractivity contribution >= 4 is 89.4 Å². The lowest BCUT2D eigenvalue weighted by atomic mass is 10.2. The van der Waals surface area contributed by atoms with Crippen molar-refractivity contribution in [2.75, 3.05) is 12.0 Å². The lowest BCUT2D eigenvalue weighted by Crippen LogP contribution is -2.27. The smallest absolute Gasteiger partial charge is 0.270 e. The zero-order valence-electron chi connectivity index (χ0n) is 12.8. The van der Waals surface area contributed by atoms with Crippen molar-refractivity contribution in [1.29, 1.82) is 0 Å². The summed E-state index contributed by atoms with van der Waals surface area (Å²) in [4.78, 5) is 14.9. The predicted molar refractivity (Wildman–Crippen MR) is 115 cm³/mol. The van der Waals surface area contributed by atoms with Gasteiger partial charge in [0.2, 0.25) is 0 Å². The second-order valence-electron chi connectivity index (χ2n) is 5.00. The minimum atomic E-state index is -0.171. The second-order valence-corrected chi connectivity index (χ2v) is 8.89. The molecule has 0 bridgehead atoms. The minimum absolute atomic E-state index is 0.171. The number of nitrogens with zero attached hydrogens (tertiary/aromatic N) is 1. The third-order valence-electron chi connectivity index (χ3n) is 3.41. The Kier molecular flexibility index (Phi) is 5.90. The van der Waals surface area contributed by atoms with Gasteiger partial charge in [0.05, 0.1) is 22.2 Å². The number of halogens is 3. The monoisotopic (exact) mass is 517 g/mol. The van der Waals surface area contributed by atoms with E-state index in [1.165, 1.54) is 16.7 Å². The van der Waals surface area contributed by atoms with Crippen LogP contribution in [0.25, 0.3) is 6.08 Å². The molecule has 0 spiro atoms. The van der Waals surface area contributed by atoms with Gasteiger partial charge in [-0.15, -0.1) is 0 Å².